The summed E-state index contributed by atoms with van der Waals surface area (Å²) >= 11 is 0. The number of benzene rings is 2. The van der Waals surface area contributed by atoms with Crippen molar-refractivity contribution < 1.29 is 19.2 Å². The Hall–Kier alpha value is -3.68. The number of carbonyl (C=O) groups excluding carboxylic acids is 2. The number of rotatable bonds is 5. The number of hydrogen-bond acceptors (Lipinski definition) is 5. The molecule has 0 spiro atoms. The third kappa shape index (κ3) is 3.54. The van der Waals surface area contributed by atoms with Gasteiger partial charge in [0.05, 0.1) is 4.92 Å². The predicted molar refractivity (Wildman–Crippen MR) is 94.9 cm³/mol. The molecule has 26 heavy (non-hydrogen) atoms. The van der Waals surface area contributed by atoms with Crippen LogP contribution in [-0.2, 0) is 9.53 Å². The molecular weight excluding hydrogens is 338 g/mol. The summed E-state index contributed by atoms with van der Waals surface area (Å²) in [6.07, 6.45) is -1.13. The molecule has 0 radical (unpaired) electrons. The molecule has 8 nitrogen and oxygen atoms in total. The molecule has 0 unspecified atom stereocenters. The maximum Gasteiger partial charge on any atom is 0.355 e. The minimum atomic E-state index is -1.13. The average Bonchev–Trinajstić information content (AvgIpc) is 3.06. The predicted octanol–water partition coefficient (Wildman–Crippen LogP) is 3.26. The lowest BCUT2D eigenvalue weighted by Crippen LogP contribution is -2.30. The molecule has 3 aromatic rings. The largest absolute Gasteiger partial charge is 0.448 e. The maximum atomic E-state index is 12.2. The van der Waals surface area contributed by atoms with E-state index >= 15 is 0 Å². The molecule has 1 atom stereocenters. The molecule has 0 saturated heterocycles. The molecule has 0 fully saturated rings. The number of ether oxygens (including phenoxy) is 1. The molecule has 0 bridgehead atoms. The number of aromatic amines is 1. The Morgan fingerprint density at radius 1 is 1.15 bits per heavy atom. The monoisotopic (exact) mass is 353 g/mol. The van der Waals surface area contributed by atoms with Crippen molar-refractivity contribution in [3.63, 3.8) is 0 Å². The van der Waals surface area contributed by atoms with Gasteiger partial charge in [-0.05, 0) is 25.1 Å². The van der Waals surface area contributed by atoms with Gasteiger partial charge in [-0.15, -0.1) is 0 Å². The van der Waals surface area contributed by atoms with Crippen LogP contribution < -0.4 is 5.32 Å². The lowest BCUT2D eigenvalue weighted by Gasteiger charge is -2.13. The Bertz CT molecular complexity index is 962. The third-order valence-electron chi connectivity index (χ3n) is 3.76. The molecule has 3 rings (SSSR count). The first-order chi connectivity index (χ1) is 12.5. The molecule has 0 aliphatic rings. The summed E-state index contributed by atoms with van der Waals surface area (Å²) in [6.45, 7) is 1.39. The van der Waals surface area contributed by atoms with Gasteiger partial charge in [-0.3, -0.25) is 14.9 Å². The fourth-order valence-electron chi connectivity index (χ4n) is 2.43. The number of fused-ring (bicyclic) bond motifs is 1. The number of nitro groups is 1. The topological polar surface area (TPSA) is 114 Å². The summed E-state index contributed by atoms with van der Waals surface area (Å²) in [5.74, 6) is -1.35. The lowest BCUT2D eigenvalue weighted by atomic mass is 10.2. The Labute approximate surface area is 147 Å². The Morgan fingerprint density at radius 2 is 1.85 bits per heavy atom. The number of nitrogens with zero attached hydrogens (tertiary/aromatic N) is 1. The van der Waals surface area contributed by atoms with E-state index in [2.05, 4.69) is 10.3 Å². The molecule has 1 heterocycles. The number of para-hydroxylation sites is 3. The summed E-state index contributed by atoms with van der Waals surface area (Å²) in [5.41, 5.74) is 0.791. The molecule has 1 aromatic heterocycles. The van der Waals surface area contributed by atoms with E-state index in [0.717, 1.165) is 10.9 Å². The highest BCUT2D eigenvalue weighted by molar-refractivity contribution is 5.99. The molecule has 2 N–H and O–H groups in total. The quantitative estimate of drug-likeness (QED) is 0.415. The first-order valence-electron chi connectivity index (χ1n) is 7.78. The van der Waals surface area contributed by atoms with Crippen LogP contribution in [0.2, 0.25) is 0 Å². The standard InChI is InChI=1S/C18H15N3O5/c1-11(17(22)20-14-8-4-5-9-16(14)21(24)25)26-18(23)15-10-12-6-2-3-7-13(12)19-15/h2-11,19H,1H3,(H,20,22)/t11-/m0/s1. The second-order valence-corrected chi connectivity index (χ2v) is 5.58. The number of anilines is 1. The maximum absolute atomic E-state index is 12.2. The van der Waals surface area contributed by atoms with E-state index in [1.807, 2.05) is 24.3 Å². The van der Waals surface area contributed by atoms with Gasteiger partial charge in [-0.2, -0.15) is 0 Å². The van der Waals surface area contributed by atoms with Crippen LogP contribution >= 0.6 is 0 Å². The van der Waals surface area contributed by atoms with E-state index in [1.165, 1.54) is 25.1 Å². The smallest absolute Gasteiger partial charge is 0.355 e. The fourth-order valence-corrected chi connectivity index (χ4v) is 2.43. The highest BCUT2D eigenvalue weighted by Crippen LogP contribution is 2.23. The van der Waals surface area contributed by atoms with Crippen molar-refractivity contribution in [2.75, 3.05) is 5.32 Å². The van der Waals surface area contributed by atoms with Crippen LogP contribution in [0.3, 0.4) is 0 Å². The number of H-pyrrole nitrogens is 1. The number of hydrogen-bond donors (Lipinski definition) is 2. The van der Waals surface area contributed by atoms with Crippen LogP contribution in [0.15, 0.2) is 54.6 Å². The van der Waals surface area contributed by atoms with E-state index in [4.69, 9.17) is 4.74 Å². The van der Waals surface area contributed by atoms with Gasteiger partial charge in [0.15, 0.2) is 6.10 Å². The van der Waals surface area contributed by atoms with Crippen LogP contribution in [0.4, 0.5) is 11.4 Å². The molecule has 132 valence electrons. The zero-order chi connectivity index (χ0) is 18.7. The highest BCUT2D eigenvalue weighted by atomic mass is 16.6. The normalized spacial score (nSPS) is 11.7. The van der Waals surface area contributed by atoms with Gasteiger partial charge in [-0.25, -0.2) is 4.79 Å². The van der Waals surface area contributed by atoms with Crippen molar-refractivity contribution in [2.24, 2.45) is 0 Å². The van der Waals surface area contributed by atoms with Crippen LogP contribution in [0, 0.1) is 10.1 Å². The molecule has 1 amide bonds. The van der Waals surface area contributed by atoms with E-state index < -0.39 is 22.9 Å². The number of nitro benzene ring substituents is 1. The number of aromatic nitrogens is 1. The molecule has 0 aliphatic carbocycles. The molecule has 0 aliphatic heterocycles. The van der Waals surface area contributed by atoms with Crippen molar-refractivity contribution in [2.45, 2.75) is 13.0 Å². The van der Waals surface area contributed by atoms with E-state index in [1.54, 1.807) is 12.1 Å². The highest BCUT2D eigenvalue weighted by Gasteiger charge is 2.22. The third-order valence-corrected chi connectivity index (χ3v) is 3.76. The first kappa shape index (κ1) is 17.2. The lowest BCUT2D eigenvalue weighted by molar-refractivity contribution is -0.383. The summed E-state index contributed by atoms with van der Waals surface area (Å²) in [5, 5.41) is 14.2. The number of carbonyl (C=O) groups is 2. The first-order valence-corrected chi connectivity index (χ1v) is 7.78. The number of amides is 1. The van der Waals surface area contributed by atoms with E-state index in [9.17, 15) is 19.7 Å². The van der Waals surface area contributed by atoms with Gasteiger partial charge in [0.1, 0.15) is 11.4 Å². The van der Waals surface area contributed by atoms with Gasteiger partial charge < -0.3 is 15.0 Å². The Balaban J connectivity index is 1.69. The second-order valence-electron chi connectivity index (χ2n) is 5.58. The summed E-state index contributed by atoms with van der Waals surface area (Å²) in [4.78, 5) is 37.7. The Morgan fingerprint density at radius 3 is 2.58 bits per heavy atom. The van der Waals surface area contributed by atoms with Crippen molar-refractivity contribution in [3.8, 4) is 0 Å². The van der Waals surface area contributed by atoms with Crippen molar-refractivity contribution >= 4 is 34.2 Å². The minimum Gasteiger partial charge on any atom is -0.448 e. The van der Waals surface area contributed by atoms with Gasteiger partial charge >= 0.3 is 5.97 Å². The van der Waals surface area contributed by atoms with Gasteiger partial charge in [0.2, 0.25) is 0 Å². The van der Waals surface area contributed by atoms with Gasteiger partial charge in [0.25, 0.3) is 11.6 Å². The minimum absolute atomic E-state index is 0.0380. The van der Waals surface area contributed by atoms with Crippen LogP contribution in [0.25, 0.3) is 10.9 Å². The SMILES string of the molecule is C[C@H](OC(=O)c1cc2ccccc2[nH]1)C(=O)Nc1ccccc1[N+](=O)[O-]. The van der Waals surface area contributed by atoms with Gasteiger partial charge in [-0.1, -0.05) is 30.3 Å². The summed E-state index contributed by atoms with van der Waals surface area (Å²) < 4.78 is 5.15. The van der Waals surface area contributed by atoms with Gasteiger partial charge in [0, 0.05) is 17.0 Å². The molecular formula is C18H15N3O5. The molecule has 0 saturated carbocycles. The summed E-state index contributed by atoms with van der Waals surface area (Å²) in [7, 11) is 0. The average molecular weight is 353 g/mol. The molecule has 2 aromatic carbocycles. The van der Waals surface area contributed by atoms with E-state index in [0.29, 0.717) is 0 Å². The van der Waals surface area contributed by atoms with Crippen molar-refractivity contribution in [1.82, 2.24) is 4.98 Å². The molecule has 8 heteroatoms. The van der Waals surface area contributed by atoms with Crippen LogP contribution in [0.5, 0.6) is 0 Å². The second kappa shape index (κ2) is 7.06. The zero-order valence-electron chi connectivity index (χ0n) is 13.8. The number of nitrogens with one attached hydrogen (secondary N) is 2. The fraction of sp³-hybridized carbons (Fsp3) is 0.111. The van der Waals surface area contributed by atoms with E-state index in [-0.39, 0.29) is 17.1 Å². The summed E-state index contributed by atoms with van der Waals surface area (Å²) in [6, 6.07) is 14.7. The van der Waals surface area contributed by atoms with Crippen LogP contribution in [0.1, 0.15) is 17.4 Å². The van der Waals surface area contributed by atoms with Crippen molar-refractivity contribution in [3.05, 3.63) is 70.4 Å². The Kier molecular flexibility index (Phi) is 4.66. The number of esters is 1. The zero-order valence-corrected chi connectivity index (χ0v) is 13.8. The van der Waals surface area contributed by atoms with Crippen LogP contribution in [-0.4, -0.2) is 27.9 Å². The van der Waals surface area contributed by atoms with Crippen molar-refractivity contribution in [1.29, 1.82) is 0 Å².